The van der Waals surface area contributed by atoms with Crippen LogP contribution in [0.2, 0.25) is 5.02 Å². The van der Waals surface area contributed by atoms with Gasteiger partial charge >= 0.3 is 0 Å². The highest BCUT2D eigenvalue weighted by atomic mass is 35.5. The summed E-state index contributed by atoms with van der Waals surface area (Å²) in [6.45, 7) is 0. The molecule has 1 aromatic heterocycles. The third-order valence-electron chi connectivity index (χ3n) is 5.13. The standard InChI is InChI=1S/C27H19ClN2/c28-24-13-7-12-23(18-24)27-29-25(21-10-5-2-6-11-21)26(30-27)22-16-14-20(15-17-22)19-8-3-1-4-9-19/h1-18H,(H,29,30). The van der Waals surface area contributed by atoms with Gasteiger partial charge in [0.2, 0.25) is 0 Å². The molecule has 0 atom stereocenters. The molecule has 0 unspecified atom stereocenters. The van der Waals surface area contributed by atoms with Crippen LogP contribution in [0.15, 0.2) is 109 Å². The number of benzene rings is 4. The van der Waals surface area contributed by atoms with Gasteiger partial charge in [0.25, 0.3) is 0 Å². The van der Waals surface area contributed by atoms with E-state index < -0.39 is 0 Å². The van der Waals surface area contributed by atoms with E-state index in [2.05, 4.69) is 65.6 Å². The van der Waals surface area contributed by atoms with E-state index in [9.17, 15) is 0 Å². The van der Waals surface area contributed by atoms with Crippen LogP contribution in [0.5, 0.6) is 0 Å². The van der Waals surface area contributed by atoms with E-state index in [1.807, 2.05) is 48.5 Å². The second-order valence-corrected chi connectivity index (χ2v) is 7.57. The normalized spacial score (nSPS) is 10.8. The molecule has 0 bridgehead atoms. The first-order chi connectivity index (χ1) is 14.8. The fraction of sp³-hybridized carbons (Fsp3) is 0. The average Bonchev–Trinajstić information content (AvgIpc) is 3.26. The zero-order valence-corrected chi connectivity index (χ0v) is 17.0. The smallest absolute Gasteiger partial charge is 0.138 e. The van der Waals surface area contributed by atoms with E-state index in [1.54, 1.807) is 0 Å². The molecule has 0 amide bonds. The highest BCUT2D eigenvalue weighted by Crippen LogP contribution is 2.34. The minimum Gasteiger partial charge on any atom is -0.337 e. The Hall–Kier alpha value is -3.62. The van der Waals surface area contributed by atoms with Gasteiger partial charge in [0.1, 0.15) is 5.82 Å². The van der Waals surface area contributed by atoms with E-state index in [0.717, 1.165) is 33.9 Å². The van der Waals surface area contributed by atoms with Crippen LogP contribution < -0.4 is 0 Å². The molecule has 1 heterocycles. The molecule has 0 radical (unpaired) electrons. The molecule has 0 saturated carbocycles. The number of H-pyrrole nitrogens is 1. The zero-order chi connectivity index (χ0) is 20.3. The predicted octanol–water partition coefficient (Wildman–Crippen LogP) is 7.73. The lowest BCUT2D eigenvalue weighted by atomic mass is 10.0. The summed E-state index contributed by atoms with van der Waals surface area (Å²) in [5.41, 5.74) is 7.45. The summed E-state index contributed by atoms with van der Waals surface area (Å²) in [4.78, 5) is 8.46. The van der Waals surface area contributed by atoms with Crippen LogP contribution in [-0.2, 0) is 0 Å². The van der Waals surface area contributed by atoms with Crippen LogP contribution in [0.4, 0.5) is 0 Å². The first-order valence-corrected chi connectivity index (χ1v) is 10.2. The topological polar surface area (TPSA) is 28.7 Å². The monoisotopic (exact) mass is 406 g/mol. The van der Waals surface area contributed by atoms with E-state index in [1.165, 1.54) is 11.1 Å². The van der Waals surface area contributed by atoms with E-state index in [4.69, 9.17) is 16.6 Å². The number of halogens is 1. The molecule has 1 N–H and O–H groups in total. The van der Waals surface area contributed by atoms with Crippen LogP contribution in [0.25, 0.3) is 45.0 Å². The van der Waals surface area contributed by atoms with Crippen molar-refractivity contribution in [2.24, 2.45) is 0 Å². The number of aromatic amines is 1. The molecule has 2 nitrogen and oxygen atoms in total. The maximum atomic E-state index is 6.21. The minimum atomic E-state index is 0.693. The summed E-state index contributed by atoms with van der Waals surface area (Å²) in [6.07, 6.45) is 0. The number of rotatable bonds is 4. The highest BCUT2D eigenvalue weighted by Gasteiger charge is 2.15. The Morgan fingerprint density at radius 2 is 1.10 bits per heavy atom. The molecule has 0 fully saturated rings. The van der Waals surface area contributed by atoms with Crippen molar-refractivity contribution >= 4 is 11.6 Å². The lowest BCUT2D eigenvalue weighted by molar-refractivity contribution is 1.31. The molecule has 0 aliphatic carbocycles. The largest absolute Gasteiger partial charge is 0.337 e. The first kappa shape index (κ1) is 18.4. The number of hydrogen-bond acceptors (Lipinski definition) is 1. The number of aromatic nitrogens is 2. The maximum absolute atomic E-state index is 6.21. The molecule has 0 spiro atoms. The van der Waals surface area contributed by atoms with Gasteiger partial charge in [-0.25, -0.2) is 4.98 Å². The van der Waals surface area contributed by atoms with Gasteiger partial charge in [-0.15, -0.1) is 0 Å². The van der Waals surface area contributed by atoms with Crippen LogP contribution >= 0.6 is 11.6 Å². The lowest BCUT2D eigenvalue weighted by Crippen LogP contribution is -1.84. The Bertz CT molecular complexity index is 1270. The van der Waals surface area contributed by atoms with Gasteiger partial charge in [0, 0.05) is 21.7 Å². The molecule has 3 heteroatoms. The number of hydrogen-bond donors (Lipinski definition) is 1. The molecule has 30 heavy (non-hydrogen) atoms. The van der Waals surface area contributed by atoms with Gasteiger partial charge in [0.15, 0.2) is 0 Å². The fourth-order valence-corrected chi connectivity index (χ4v) is 3.81. The van der Waals surface area contributed by atoms with Crippen molar-refractivity contribution in [3.8, 4) is 45.0 Å². The third kappa shape index (κ3) is 3.66. The van der Waals surface area contributed by atoms with Crippen molar-refractivity contribution in [2.45, 2.75) is 0 Å². The Morgan fingerprint density at radius 1 is 0.533 bits per heavy atom. The predicted molar refractivity (Wildman–Crippen MR) is 125 cm³/mol. The van der Waals surface area contributed by atoms with Crippen LogP contribution in [0.3, 0.4) is 0 Å². The first-order valence-electron chi connectivity index (χ1n) is 9.85. The summed E-state index contributed by atoms with van der Waals surface area (Å²) in [6, 6.07) is 37.0. The Kier molecular flexibility index (Phi) is 4.92. The molecule has 0 aliphatic heterocycles. The third-order valence-corrected chi connectivity index (χ3v) is 5.36. The molecule has 4 aromatic carbocycles. The van der Waals surface area contributed by atoms with Gasteiger partial charge in [-0.3, -0.25) is 0 Å². The summed E-state index contributed by atoms with van der Waals surface area (Å²) >= 11 is 6.21. The summed E-state index contributed by atoms with van der Waals surface area (Å²) in [7, 11) is 0. The number of nitrogens with one attached hydrogen (secondary N) is 1. The summed E-state index contributed by atoms with van der Waals surface area (Å²) < 4.78 is 0. The Morgan fingerprint density at radius 3 is 1.77 bits per heavy atom. The molecule has 0 saturated heterocycles. The lowest BCUT2D eigenvalue weighted by Gasteiger charge is -2.06. The van der Waals surface area contributed by atoms with Crippen molar-refractivity contribution in [3.63, 3.8) is 0 Å². The second-order valence-electron chi connectivity index (χ2n) is 7.13. The average molecular weight is 407 g/mol. The van der Waals surface area contributed by atoms with Crippen molar-refractivity contribution < 1.29 is 0 Å². The number of nitrogens with zero attached hydrogens (tertiary/aromatic N) is 1. The molecular formula is C27H19ClN2. The maximum Gasteiger partial charge on any atom is 0.138 e. The molecular weight excluding hydrogens is 388 g/mol. The Labute approximate surface area is 180 Å². The highest BCUT2D eigenvalue weighted by molar-refractivity contribution is 6.30. The summed E-state index contributed by atoms with van der Waals surface area (Å²) in [5.74, 6) is 0.804. The van der Waals surface area contributed by atoms with Crippen molar-refractivity contribution in [3.05, 3.63) is 114 Å². The molecule has 5 aromatic rings. The van der Waals surface area contributed by atoms with E-state index >= 15 is 0 Å². The fourth-order valence-electron chi connectivity index (χ4n) is 3.62. The second kappa shape index (κ2) is 8.02. The van der Waals surface area contributed by atoms with Gasteiger partial charge < -0.3 is 4.98 Å². The van der Waals surface area contributed by atoms with Gasteiger partial charge in [-0.1, -0.05) is 109 Å². The zero-order valence-electron chi connectivity index (χ0n) is 16.2. The van der Waals surface area contributed by atoms with E-state index in [0.29, 0.717) is 5.02 Å². The minimum absolute atomic E-state index is 0.693. The SMILES string of the molecule is Clc1cccc(-c2nc(-c3ccccc3)c(-c3ccc(-c4ccccc4)cc3)[nH]2)c1. The van der Waals surface area contributed by atoms with E-state index in [-0.39, 0.29) is 0 Å². The van der Waals surface area contributed by atoms with Crippen molar-refractivity contribution in [1.29, 1.82) is 0 Å². The van der Waals surface area contributed by atoms with Gasteiger partial charge in [-0.2, -0.15) is 0 Å². The molecule has 5 rings (SSSR count). The van der Waals surface area contributed by atoms with Crippen LogP contribution in [0.1, 0.15) is 0 Å². The quantitative estimate of drug-likeness (QED) is 0.325. The van der Waals surface area contributed by atoms with Crippen LogP contribution in [-0.4, -0.2) is 9.97 Å². The summed E-state index contributed by atoms with van der Waals surface area (Å²) in [5, 5.41) is 0.693. The molecule has 144 valence electrons. The van der Waals surface area contributed by atoms with Gasteiger partial charge in [-0.05, 0) is 23.3 Å². The molecule has 0 aliphatic rings. The van der Waals surface area contributed by atoms with Crippen molar-refractivity contribution in [2.75, 3.05) is 0 Å². The van der Waals surface area contributed by atoms with Gasteiger partial charge in [0.05, 0.1) is 11.4 Å². The Balaban J connectivity index is 1.61. The van der Waals surface area contributed by atoms with Crippen molar-refractivity contribution in [1.82, 2.24) is 9.97 Å². The van der Waals surface area contributed by atoms with Crippen LogP contribution in [0, 0.1) is 0 Å². The number of imidazole rings is 1.